The minimum absolute atomic E-state index is 0.136. The van der Waals surface area contributed by atoms with E-state index < -0.39 is 0 Å². The summed E-state index contributed by atoms with van der Waals surface area (Å²) >= 11 is 2.90. The third-order valence-corrected chi connectivity index (χ3v) is 6.75. The predicted molar refractivity (Wildman–Crippen MR) is 125 cm³/mol. The molecule has 32 heavy (non-hydrogen) atoms. The molecule has 2 aromatic carbocycles. The van der Waals surface area contributed by atoms with Crippen molar-refractivity contribution in [1.82, 2.24) is 30.2 Å². The molecule has 10 heteroatoms. The molecule has 0 spiro atoms. The van der Waals surface area contributed by atoms with Gasteiger partial charge in [-0.3, -0.25) is 4.79 Å². The summed E-state index contributed by atoms with van der Waals surface area (Å²) < 4.78 is 6.92. The fourth-order valence-corrected chi connectivity index (χ4v) is 5.04. The van der Waals surface area contributed by atoms with Gasteiger partial charge in [-0.25, -0.2) is 9.67 Å². The molecular formula is C22H18N6O2S2. The Bertz CT molecular complexity index is 1410. The molecule has 0 fully saturated rings. The summed E-state index contributed by atoms with van der Waals surface area (Å²) in [4.78, 5) is 21.1. The van der Waals surface area contributed by atoms with Crippen molar-refractivity contribution < 1.29 is 4.74 Å². The molecule has 0 aliphatic rings. The second-order valence-corrected chi connectivity index (χ2v) is 8.76. The van der Waals surface area contributed by atoms with Crippen LogP contribution in [0.1, 0.15) is 11.4 Å². The van der Waals surface area contributed by atoms with Crippen LogP contribution in [0.5, 0.6) is 5.75 Å². The monoisotopic (exact) mass is 462 g/mol. The van der Waals surface area contributed by atoms with Crippen LogP contribution >= 0.6 is 23.1 Å². The summed E-state index contributed by atoms with van der Waals surface area (Å²) in [5.41, 5.74) is 2.83. The van der Waals surface area contributed by atoms with Crippen LogP contribution < -0.4 is 10.3 Å². The van der Waals surface area contributed by atoms with Crippen LogP contribution in [0.3, 0.4) is 0 Å². The summed E-state index contributed by atoms with van der Waals surface area (Å²) in [7, 11) is 1.64. The van der Waals surface area contributed by atoms with Gasteiger partial charge in [-0.05, 0) is 33.7 Å². The van der Waals surface area contributed by atoms with Gasteiger partial charge in [-0.15, -0.1) is 16.4 Å². The molecular weight excluding hydrogens is 444 g/mol. The lowest BCUT2D eigenvalue weighted by Crippen LogP contribution is -2.11. The van der Waals surface area contributed by atoms with E-state index in [9.17, 15) is 4.79 Å². The number of methoxy groups -OCH3 is 1. The highest BCUT2D eigenvalue weighted by atomic mass is 32.2. The van der Waals surface area contributed by atoms with E-state index in [0.29, 0.717) is 28.7 Å². The van der Waals surface area contributed by atoms with Crippen LogP contribution in [0.15, 0.2) is 69.9 Å². The van der Waals surface area contributed by atoms with Crippen LogP contribution in [-0.2, 0) is 12.3 Å². The Morgan fingerprint density at radius 3 is 2.72 bits per heavy atom. The maximum absolute atomic E-state index is 12.8. The fourth-order valence-electron chi connectivity index (χ4n) is 3.33. The Morgan fingerprint density at radius 1 is 1.12 bits per heavy atom. The maximum Gasteiger partial charge on any atom is 0.260 e. The smallest absolute Gasteiger partial charge is 0.260 e. The van der Waals surface area contributed by atoms with Gasteiger partial charge in [0.05, 0.1) is 24.8 Å². The SMILES string of the molecule is COc1ccc(Cn2nnnc2SCc2nc3scc(-c4ccccc4)c3c(=O)[nH]2)cc1. The normalized spacial score (nSPS) is 11.2. The van der Waals surface area contributed by atoms with Gasteiger partial charge >= 0.3 is 0 Å². The Hall–Kier alpha value is -3.50. The van der Waals surface area contributed by atoms with E-state index in [1.54, 1.807) is 11.8 Å². The Balaban J connectivity index is 1.34. The number of hydrogen-bond acceptors (Lipinski definition) is 8. The van der Waals surface area contributed by atoms with Gasteiger partial charge in [0.25, 0.3) is 5.56 Å². The van der Waals surface area contributed by atoms with Crippen molar-refractivity contribution in [3.63, 3.8) is 0 Å². The van der Waals surface area contributed by atoms with Crippen LogP contribution in [-0.4, -0.2) is 37.3 Å². The first-order chi connectivity index (χ1) is 15.7. The van der Waals surface area contributed by atoms with E-state index in [-0.39, 0.29) is 5.56 Å². The molecule has 3 heterocycles. The molecule has 0 unspecified atom stereocenters. The summed E-state index contributed by atoms with van der Waals surface area (Å²) in [5, 5.41) is 15.2. The summed E-state index contributed by atoms with van der Waals surface area (Å²) in [6.07, 6.45) is 0. The number of nitrogens with one attached hydrogen (secondary N) is 1. The number of benzene rings is 2. The standard InChI is InChI=1S/C22H18N6O2S2/c1-30-16-9-7-14(8-10-16)11-28-22(25-26-27-28)32-13-18-23-20(29)19-17(12-31-21(19)24-18)15-5-3-2-4-6-15/h2-10,12H,11,13H2,1H3,(H,23,24,29). The first kappa shape index (κ1) is 20.4. The second-order valence-electron chi connectivity index (χ2n) is 6.96. The number of thiophene rings is 1. The van der Waals surface area contributed by atoms with Gasteiger partial charge in [0, 0.05) is 10.9 Å². The summed E-state index contributed by atoms with van der Waals surface area (Å²) in [6, 6.07) is 17.6. The highest BCUT2D eigenvalue weighted by Gasteiger charge is 2.14. The topological polar surface area (TPSA) is 98.6 Å². The molecule has 3 aromatic heterocycles. The van der Waals surface area contributed by atoms with Gasteiger partial charge in [0.2, 0.25) is 5.16 Å². The van der Waals surface area contributed by atoms with E-state index in [2.05, 4.69) is 25.5 Å². The van der Waals surface area contributed by atoms with Crippen molar-refractivity contribution in [3.8, 4) is 16.9 Å². The van der Waals surface area contributed by atoms with Gasteiger partial charge in [-0.1, -0.05) is 54.2 Å². The molecule has 0 aliphatic carbocycles. The fraction of sp³-hybridized carbons (Fsp3) is 0.136. The van der Waals surface area contributed by atoms with Gasteiger partial charge in [0.15, 0.2) is 0 Å². The van der Waals surface area contributed by atoms with Gasteiger partial charge < -0.3 is 9.72 Å². The zero-order chi connectivity index (χ0) is 21.9. The highest BCUT2D eigenvalue weighted by molar-refractivity contribution is 7.98. The first-order valence-electron chi connectivity index (χ1n) is 9.79. The lowest BCUT2D eigenvalue weighted by Gasteiger charge is -2.06. The van der Waals surface area contributed by atoms with Crippen molar-refractivity contribution in [2.45, 2.75) is 17.5 Å². The molecule has 1 N–H and O–H groups in total. The number of hydrogen-bond donors (Lipinski definition) is 1. The molecule has 160 valence electrons. The first-order valence-corrected chi connectivity index (χ1v) is 11.7. The van der Waals surface area contributed by atoms with Crippen molar-refractivity contribution >= 4 is 33.3 Å². The molecule has 0 saturated heterocycles. The number of tetrazole rings is 1. The molecule has 0 atom stereocenters. The molecule has 0 aliphatic heterocycles. The minimum atomic E-state index is -0.136. The third-order valence-electron chi connectivity index (χ3n) is 4.91. The summed E-state index contributed by atoms with van der Waals surface area (Å²) in [5.74, 6) is 1.84. The Labute approximate surface area is 191 Å². The number of ether oxygens (including phenoxy) is 1. The largest absolute Gasteiger partial charge is 0.497 e. The third kappa shape index (κ3) is 4.14. The van der Waals surface area contributed by atoms with E-state index in [1.807, 2.05) is 60.0 Å². The number of H-pyrrole nitrogens is 1. The van der Waals surface area contributed by atoms with Crippen LogP contribution in [0.4, 0.5) is 0 Å². The van der Waals surface area contributed by atoms with Crippen molar-refractivity contribution in [1.29, 1.82) is 0 Å². The van der Waals surface area contributed by atoms with E-state index in [1.165, 1.54) is 23.1 Å². The lowest BCUT2D eigenvalue weighted by atomic mass is 10.1. The average molecular weight is 463 g/mol. The molecule has 0 saturated carbocycles. The van der Waals surface area contributed by atoms with Crippen LogP contribution in [0.2, 0.25) is 0 Å². The number of thioether (sulfide) groups is 1. The Kier molecular flexibility index (Phi) is 5.70. The number of nitrogens with zero attached hydrogens (tertiary/aromatic N) is 5. The number of rotatable bonds is 7. The molecule has 5 rings (SSSR count). The minimum Gasteiger partial charge on any atom is -0.497 e. The van der Waals surface area contributed by atoms with Gasteiger partial charge in [-0.2, -0.15) is 0 Å². The number of aromatic amines is 1. The molecule has 5 aromatic rings. The van der Waals surface area contributed by atoms with Crippen molar-refractivity contribution in [2.75, 3.05) is 7.11 Å². The number of aromatic nitrogens is 6. The van der Waals surface area contributed by atoms with E-state index >= 15 is 0 Å². The van der Waals surface area contributed by atoms with Gasteiger partial charge in [0.1, 0.15) is 16.4 Å². The van der Waals surface area contributed by atoms with Crippen molar-refractivity contribution in [2.24, 2.45) is 0 Å². The molecule has 0 amide bonds. The maximum atomic E-state index is 12.8. The average Bonchev–Trinajstić information content (AvgIpc) is 3.46. The molecule has 0 bridgehead atoms. The second kappa shape index (κ2) is 8.93. The van der Waals surface area contributed by atoms with Crippen LogP contribution in [0, 0.1) is 0 Å². The zero-order valence-corrected chi connectivity index (χ0v) is 18.7. The lowest BCUT2D eigenvalue weighted by molar-refractivity contribution is 0.414. The predicted octanol–water partition coefficient (Wildman–Crippen LogP) is 3.99. The van der Waals surface area contributed by atoms with E-state index in [4.69, 9.17) is 4.74 Å². The molecule has 0 radical (unpaired) electrons. The van der Waals surface area contributed by atoms with Crippen LogP contribution in [0.25, 0.3) is 21.3 Å². The zero-order valence-electron chi connectivity index (χ0n) is 17.1. The van der Waals surface area contributed by atoms with Crippen molar-refractivity contribution in [3.05, 3.63) is 81.7 Å². The quantitative estimate of drug-likeness (QED) is 0.365. The number of fused-ring (bicyclic) bond motifs is 1. The molecule has 8 nitrogen and oxygen atoms in total. The summed E-state index contributed by atoms with van der Waals surface area (Å²) in [6.45, 7) is 0.535. The highest BCUT2D eigenvalue weighted by Crippen LogP contribution is 2.31. The Morgan fingerprint density at radius 2 is 1.94 bits per heavy atom. The van der Waals surface area contributed by atoms with E-state index in [0.717, 1.165) is 27.3 Å².